The Hall–Kier alpha value is -1.62. The fourth-order valence-corrected chi connectivity index (χ4v) is 2.27. The third-order valence-corrected chi connectivity index (χ3v) is 3.28. The quantitative estimate of drug-likeness (QED) is 0.858. The maximum absolute atomic E-state index is 12.8. The van der Waals surface area contributed by atoms with Crippen molar-refractivity contribution >= 4 is 17.6 Å². The Morgan fingerprint density at radius 1 is 1.22 bits per heavy atom. The van der Waals surface area contributed by atoms with Gasteiger partial charge in [-0.1, -0.05) is 18.7 Å². The van der Waals surface area contributed by atoms with E-state index in [-0.39, 0.29) is 5.82 Å². The van der Waals surface area contributed by atoms with Gasteiger partial charge in [0.15, 0.2) is 0 Å². The Balaban J connectivity index is 2.25. The molecule has 5 heteroatoms. The molecule has 0 radical (unpaired) electrons. The number of nitrogens with zero attached hydrogens (tertiary/aromatic N) is 2. The summed E-state index contributed by atoms with van der Waals surface area (Å²) in [5, 5.41) is 3.87. The summed E-state index contributed by atoms with van der Waals surface area (Å²) in [6, 6.07) is 8.26. The smallest absolute Gasteiger partial charge is 0.131 e. The SMILES string of the molecule is CCc1nc(NC)cc(Sc2ccc(F)cc2)n1. The lowest BCUT2D eigenvalue weighted by molar-refractivity contribution is 0.626. The zero-order valence-corrected chi connectivity index (χ0v) is 11.1. The van der Waals surface area contributed by atoms with Gasteiger partial charge in [-0.3, -0.25) is 0 Å². The Labute approximate surface area is 110 Å². The predicted molar refractivity (Wildman–Crippen MR) is 71.5 cm³/mol. The van der Waals surface area contributed by atoms with E-state index >= 15 is 0 Å². The van der Waals surface area contributed by atoms with Crippen LogP contribution in [0, 0.1) is 5.82 Å². The molecule has 1 aromatic carbocycles. The normalized spacial score (nSPS) is 10.4. The van der Waals surface area contributed by atoms with Gasteiger partial charge in [-0.25, -0.2) is 14.4 Å². The second-order valence-electron chi connectivity index (χ2n) is 3.67. The highest BCUT2D eigenvalue weighted by Crippen LogP contribution is 2.27. The van der Waals surface area contributed by atoms with Crippen LogP contribution in [-0.2, 0) is 6.42 Å². The van der Waals surface area contributed by atoms with Crippen LogP contribution in [0.5, 0.6) is 0 Å². The first-order valence-electron chi connectivity index (χ1n) is 5.70. The van der Waals surface area contributed by atoms with Crippen LogP contribution >= 0.6 is 11.8 Å². The number of halogens is 1. The molecule has 3 nitrogen and oxygen atoms in total. The number of benzene rings is 1. The minimum atomic E-state index is -0.229. The largest absolute Gasteiger partial charge is 0.373 e. The number of hydrogen-bond acceptors (Lipinski definition) is 4. The van der Waals surface area contributed by atoms with E-state index in [1.165, 1.54) is 23.9 Å². The molecule has 1 heterocycles. The van der Waals surface area contributed by atoms with Gasteiger partial charge in [0.25, 0.3) is 0 Å². The van der Waals surface area contributed by atoms with Crippen LogP contribution in [0.15, 0.2) is 40.3 Å². The van der Waals surface area contributed by atoms with Crippen LogP contribution < -0.4 is 5.32 Å². The third kappa shape index (κ3) is 3.20. The molecule has 2 rings (SSSR count). The highest BCUT2D eigenvalue weighted by Gasteiger charge is 2.04. The lowest BCUT2D eigenvalue weighted by Gasteiger charge is -2.06. The molecule has 0 spiro atoms. The molecule has 0 fully saturated rings. The standard InChI is InChI=1S/C13H14FN3S/c1-3-11-16-12(15-2)8-13(17-11)18-10-6-4-9(14)5-7-10/h4-8H,3H2,1-2H3,(H,15,16,17). The fraction of sp³-hybridized carbons (Fsp3) is 0.231. The Bertz CT molecular complexity index is 506. The molecule has 0 saturated heterocycles. The van der Waals surface area contributed by atoms with Crippen molar-refractivity contribution in [2.45, 2.75) is 23.3 Å². The molecule has 1 aromatic heterocycles. The van der Waals surface area contributed by atoms with Crippen molar-refractivity contribution < 1.29 is 4.39 Å². The Kier molecular flexibility index (Phi) is 4.15. The van der Waals surface area contributed by atoms with Crippen molar-refractivity contribution in [3.8, 4) is 0 Å². The summed E-state index contributed by atoms with van der Waals surface area (Å²) in [7, 11) is 1.83. The third-order valence-electron chi connectivity index (χ3n) is 2.36. The molecule has 0 atom stereocenters. The van der Waals surface area contributed by atoms with E-state index in [2.05, 4.69) is 15.3 Å². The van der Waals surface area contributed by atoms with E-state index in [1.54, 1.807) is 12.1 Å². The van der Waals surface area contributed by atoms with Crippen LogP contribution in [0.25, 0.3) is 0 Å². The molecule has 94 valence electrons. The minimum absolute atomic E-state index is 0.229. The molecular formula is C13H14FN3S. The van der Waals surface area contributed by atoms with Crippen molar-refractivity contribution in [1.29, 1.82) is 0 Å². The average Bonchev–Trinajstić information content (AvgIpc) is 2.41. The monoisotopic (exact) mass is 263 g/mol. The van der Waals surface area contributed by atoms with Crippen molar-refractivity contribution in [2.24, 2.45) is 0 Å². The van der Waals surface area contributed by atoms with Crippen molar-refractivity contribution in [2.75, 3.05) is 12.4 Å². The van der Waals surface area contributed by atoms with Gasteiger partial charge in [0.1, 0.15) is 22.5 Å². The molecule has 0 unspecified atom stereocenters. The van der Waals surface area contributed by atoms with Crippen LogP contribution in [-0.4, -0.2) is 17.0 Å². The molecule has 0 bridgehead atoms. The van der Waals surface area contributed by atoms with Crippen LogP contribution in [0.3, 0.4) is 0 Å². The number of hydrogen-bond donors (Lipinski definition) is 1. The van der Waals surface area contributed by atoms with Gasteiger partial charge in [-0.05, 0) is 24.3 Å². The highest BCUT2D eigenvalue weighted by molar-refractivity contribution is 7.99. The second-order valence-corrected chi connectivity index (χ2v) is 4.76. The molecule has 0 amide bonds. The van der Waals surface area contributed by atoms with Gasteiger partial charge >= 0.3 is 0 Å². The second kappa shape index (κ2) is 5.82. The van der Waals surface area contributed by atoms with E-state index in [9.17, 15) is 4.39 Å². The maximum atomic E-state index is 12.8. The van der Waals surface area contributed by atoms with E-state index in [4.69, 9.17) is 0 Å². The summed E-state index contributed by atoms with van der Waals surface area (Å²) in [6.45, 7) is 2.01. The zero-order chi connectivity index (χ0) is 13.0. The topological polar surface area (TPSA) is 37.8 Å². The summed E-state index contributed by atoms with van der Waals surface area (Å²) in [6.07, 6.45) is 0.784. The lowest BCUT2D eigenvalue weighted by Crippen LogP contribution is -2.00. The minimum Gasteiger partial charge on any atom is -0.373 e. The summed E-state index contributed by atoms with van der Waals surface area (Å²) in [5.41, 5.74) is 0. The first kappa shape index (κ1) is 12.8. The number of nitrogens with one attached hydrogen (secondary N) is 1. The van der Waals surface area contributed by atoms with Gasteiger partial charge < -0.3 is 5.32 Å². The number of anilines is 1. The average molecular weight is 263 g/mol. The van der Waals surface area contributed by atoms with Gasteiger partial charge in [-0.15, -0.1) is 0 Å². The number of aryl methyl sites for hydroxylation is 1. The number of rotatable bonds is 4. The highest BCUT2D eigenvalue weighted by atomic mass is 32.2. The zero-order valence-electron chi connectivity index (χ0n) is 10.3. The van der Waals surface area contributed by atoms with Crippen molar-refractivity contribution in [1.82, 2.24) is 9.97 Å². The van der Waals surface area contributed by atoms with E-state index in [0.29, 0.717) is 0 Å². The molecule has 18 heavy (non-hydrogen) atoms. The maximum Gasteiger partial charge on any atom is 0.131 e. The first-order chi connectivity index (χ1) is 8.71. The predicted octanol–water partition coefficient (Wildman–Crippen LogP) is 3.37. The molecule has 1 N–H and O–H groups in total. The number of aromatic nitrogens is 2. The molecule has 0 saturated carbocycles. The van der Waals surface area contributed by atoms with Crippen molar-refractivity contribution in [3.63, 3.8) is 0 Å². The Morgan fingerprint density at radius 2 is 1.94 bits per heavy atom. The summed E-state index contributed by atoms with van der Waals surface area (Å²) < 4.78 is 12.8. The molecular weight excluding hydrogens is 249 g/mol. The van der Waals surface area contributed by atoms with Gasteiger partial charge in [-0.2, -0.15) is 0 Å². The van der Waals surface area contributed by atoms with Crippen LogP contribution in [0.2, 0.25) is 0 Å². The fourth-order valence-electron chi connectivity index (χ4n) is 1.43. The van der Waals surface area contributed by atoms with E-state index in [1.807, 2.05) is 20.0 Å². The summed E-state index contributed by atoms with van der Waals surface area (Å²) in [5.74, 6) is 1.37. The van der Waals surface area contributed by atoms with E-state index in [0.717, 1.165) is 28.0 Å². The van der Waals surface area contributed by atoms with E-state index < -0.39 is 0 Å². The molecule has 0 aliphatic rings. The van der Waals surface area contributed by atoms with Crippen LogP contribution in [0.1, 0.15) is 12.7 Å². The van der Waals surface area contributed by atoms with Crippen molar-refractivity contribution in [3.05, 3.63) is 42.0 Å². The van der Waals surface area contributed by atoms with Gasteiger partial charge in [0.2, 0.25) is 0 Å². The Morgan fingerprint density at radius 3 is 2.56 bits per heavy atom. The first-order valence-corrected chi connectivity index (χ1v) is 6.52. The van der Waals surface area contributed by atoms with Gasteiger partial charge in [0, 0.05) is 24.4 Å². The van der Waals surface area contributed by atoms with Crippen LogP contribution in [0.4, 0.5) is 10.2 Å². The summed E-state index contributed by atoms with van der Waals surface area (Å²) >= 11 is 1.50. The molecule has 2 aromatic rings. The molecule has 0 aliphatic carbocycles. The van der Waals surface area contributed by atoms with Gasteiger partial charge in [0.05, 0.1) is 0 Å². The summed E-state index contributed by atoms with van der Waals surface area (Å²) in [4.78, 5) is 9.72. The molecule has 0 aliphatic heterocycles. The lowest BCUT2D eigenvalue weighted by atomic mass is 10.4.